The lowest BCUT2D eigenvalue weighted by atomic mass is 10.2. The van der Waals surface area contributed by atoms with Crippen molar-refractivity contribution in [3.05, 3.63) is 53.4 Å². The summed E-state index contributed by atoms with van der Waals surface area (Å²) in [5, 5.41) is 15.6. The summed E-state index contributed by atoms with van der Waals surface area (Å²) in [6.07, 6.45) is 2.05. The van der Waals surface area contributed by atoms with E-state index in [0.717, 1.165) is 11.3 Å². The molecule has 3 rings (SSSR count). The number of benzene rings is 2. The molecule has 2 aromatic carbocycles. The van der Waals surface area contributed by atoms with Crippen LogP contribution in [-0.2, 0) is 4.79 Å². The van der Waals surface area contributed by atoms with E-state index in [2.05, 4.69) is 15.5 Å². The number of anilines is 1. The second-order valence-electron chi connectivity index (χ2n) is 6.36. The number of hydrogen-bond donors (Lipinski definition) is 2. The van der Waals surface area contributed by atoms with Crippen molar-refractivity contribution in [2.24, 2.45) is 5.10 Å². The van der Waals surface area contributed by atoms with Crippen LogP contribution in [0.4, 0.5) is 5.13 Å². The highest BCUT2D eigenvalue weighted by Crippen LogP contribution is 2.33. The average Bonchev–Trinajstić information content (AvgIpc) is 3.26. The highest BCUT2D eigenvalue weighted by molar-refractivity contribution is 7.14. The minimum absolute atomic E-state index is 0.0490. The predicted octanol–water partition coefficient (Wildman–Crippen LogP) is 4.52. The quantitative estimate of drug-likeness (QED) is 0.256. The predicted molar refractivity (Wildman–Crippen MR) is 121 cm³/mol. The molecule has 0 amide bonds. The molecule has 0 fully saturated rings. The van der Waals surface area contributed by atoms with Crippen molar-refractivity contribution < 1.29 is 24.1 Å². The van der Waals surface area contributed by atoms with Crippen LogP contribution in [0.25, 0.3) is 11.3 Å². The number of hydrazone groups is 1. The number of ether oxygens (including phenoxy) is 3. The Hall–Kier alpha value is -3.59. The van der Waals surface area contributed by atoms with E-state index in [4.69, 9.17) is 19.3 Å². The fraction of sp³-hybridized carbons (Fsp3) is 0.227. The number of nitrogens with one attached hydrogen (secondary N) is 1. The summed E-state index contributed by atoms with van der Waals surface area (Å²) in [7, 11) is 3.08. The second-order valence-corrected chi connectivity index (χ2v) is 7.22. The summed E-state index contributed by atoms with van der Waals surface area (Å²) in [4.78, 5) is 15.1. The monoisotopic (exact) mass is 441 g/mol. The van der Waals surface area contributed by atoms with E-state index in [1.807, 2.05) is 35.7 Å². The molecule has 8 nitrogen and oxygen atoms in total. The minimum Gasteiger partial charge on any atom is -0.496 e. The highest BCUT2D eigenvalue weighted by atomic mass is 32.1. The molecule has 0 saturated carbocycles. The fourth-order valence-corrected chi connectivity index (χ4v) is 3.43. The maximum Gasteiger partial charge on any atom is 0.303 e. The number of carboxylic acids is 1. The van der Waals surface area contributed by atoms with Gasteiger partial charge >= 0.3 is 5.97 Å². The Morgan fingerprint density at radius 1 is 1.19 bits per heavy atom. The molecule has 0 aliphatic carbocycles. The molecule has 0 atom stereocenters. The van der Waals surface area contributed by atoms with Gasteiger partial charge in [-0.3, -0.25) is 10.2 Å². The van der Waals surface area contributed by atoms with Crippen LogP contribution in [0.2, 0.25) is 0 Å². The van der Waals surface area contributed by atoms with Crippen molar-refractivity contribution in [3.8, 4) is 28.5 Å². The number of carbonyl (C=O) groups is 1. The van der Waals surface area contributed by atoms with Gasteiger partial charge in [0.25, 0.3) is 0 Å². The molecule has 162 valence electrons. The van der Waals surface area contributed by atoms with Gasteiger partial charge in [-0.1, -0.05) is 30.3 Å². The molecule has 0 saturated heterocycles. The number of aromatic nitrogens is 1. The number of nitrogens with zero attached hydrogens (tertiary/aromatic N) is 2. The zero-order valence-electron chi connectivity index (χ0n) is 17.2. The summed E-state index contributed by atoms with van der Waals surface area (Å²) in [6.45, 7) is 0.279. The van der Waals surface area contributed by atoms with E-state index in [1.165, 1.54) is 11.3 Å². The first kappa shape index (κ1) is 22.1. The van der Waals surface area contributed by atoms with Crippen molar-refractivity contribution in [2.45, 2.75) is 12.8 Å². The SMILES string of the molecule is COc1cc(OCCCC(=O)O)cc(OC)c1C=NNc1nc(-c2ccccc2)cs1. The maximum absolute atomic E-state index is 10.6. The zero-order valence-corrected chi connectivity index (χ0v) is 18.0. The van der Waals surface area contributed by atoms with E-state index < -0.39 is 5.97 Å². The van der Waals surface area contributed by atoms with Crippen molar-refractivity contribution in [3.63, 3.8) is 0 Å². The number of aliphatic carboxylic acids is 1. The summed E-state index contributed by atoms with van der Waals surface area (Å²) in [6, 6.07) is 13.3. The molecule has 2 N–H and O–H groups in total. The van der Waals surface area contributed by atoms with Gasteiger partial charge in [0.2, 0.25) is 5.13 Å². The highest BCUT2D eigenvalue weighted by Gasteiger charge is 2.12. The molecule has 0 aliphatic heterocycles. The summed E-state index contributed by atoms with van der Waals surface area (Å²) >= 11 is 1.45. The molecule has 9 heteroatoms. The summed E-state index contributed by atoms with van der Waals surface area (Å²) in [5.74, 6) is 0.704. The molecule has 0 bridgehead atoms. The molecule has 3 aromatic rings. The molecular weight excluding hydrogens is 418 g/mol. The third-order valence-electron chi connectivity index (χ3n) is 4.25. The van der Waals surface area contributed by atoms with Gasteiger partial charge in [-0.25, -0.2) is 4.98 Å². The van der Waals surface area contributed by atoms with Crippen LogP contribution in [0, 0.1) is 0 Å². The lowest BCUT2D eigenvalue weighted by Crippen LogP contribution is -2.04. The van der Waals surface area contributed by atoms with E-state index in [-0.39, 0.29) is 13.0 Å². The van der Waals surface area contributed by atoms with Gasteiger partial charge in [-0.2, -0.15) is 5.10 Å². The Labute approximate surface area is 184 Å². The second kappa shape index (κ2) is 11.0. The Bertz CT molecular complexity index is 1010. The largest absolute Gasteiger partial charge is 0.496 e. The lowest BCUT2D eigenvalue weighted by molar-refractivity contribution is -0.137. The first-order chi connectivity index (χ1) is 15.1. The van der Waals surface area contributed by atoms with E-state index in [0.29, 0.717) is 34.4 Å². The van der Waals surface area contributed by atoms with Crippen molar-refractivity contribution in [1.82, 2.24) is 4.98 Å². The number of methoxy groups -OCH3 is 2. The Morgan fingerprint density at radius 3 is 2.55 bits per heavy atom. The van der Waals surface area contributed by atoms with Gasteiger partial charge < -0.3 is 19.3 Å². The van der Waals surface area contributed by atoms with E-state index in [9.17, 15) is 4.79 Å². The Kier molecular flexibility index (Phi) is 7.83. The van der Waals surface area contributed by atoms with Crippen LogP contribution in [0.5, 0.6) is 17.2 Å². The lowest BCUT2D eigenvalue weighted by Gasteiger charge is -2.13. The van der Waals surface area contributed by atoms with Crippen LogP contribution >= 0.6 is 11.3 Å². The first-order valence-electron chi connectivity index (χ1n) is 9.51. The third-order valence-corrected chi connectivity index (χ3v) is 5.00. The first-order valence-corrected chi connectivity index (χ1v) is 10.4. The molecule has 1 aromatic heterocycles. The van der Waals surface area contributed by atoms with Crippen molar-refractivity contribution in [2.75, 3.05) is 26.3 Å². The van der Waals surface area contributed by atoms with Gasteiger partial charge in [-0.05, 0) is 6.42 Å². The Morgan fingerprint density at radius 2 is 1.90 bits per heavy atom. The number of thiazole rings is 1. The van der Waals surface area contributed by atoms with Gasteiger partial charge in [0, 0.05) is 29.5 Å². The van der Waals surface area contributed by atoms with Crippen LogP contribution in [0.1, 0.15) is 18.4 Å². The Balaban J connectivity index is 1.69. The molecule has 0 aliphatic rings. The molecule has 0 unspecified atom stereocenters. The molecular formula is C22H23N3O5S. The van der Waals surface area contributed by atoms with Crippen LogP contribution in [-0.4, -0.2) is 43.1 Å². The maximum atomic E-state index is 10.6. The molecule has 0 spiro atoms. The van der Waals surface area contributed by atoms with Crippen LogP contribution in [0.15, 0.2) is 52.9 Å². The van der Waals surface area contributed by atoms with Crippen molar-refractivity contribution in [1.29, 1.82) is 0 Å². The number of hydrogen-bond acceptors (Lipinski definition) is 8. The van der Waals surface area contributed by atoms with Crippen LogP contribution < -0.4 is 19.6 Å². The van der Waals surface area contributed by atoms with E-state index >= 15 is 0 Å². The molecule has 1 heterocycles. The van der Waals surface area contributed by atoms with Gasteiger partial charge in [-0.15, -0.1) is 11.3 Å². The summed E-state index contributed by atoms with van der Waals surface area (Å²) < 4.78 is 16.5. The fourth-order valence-electron chi connectivity index (χ4n) is 2.76. The van der Waals surface area contributed by atoms with Gasteiger partial charge in [0.1, 0.15) is 17.2 Å². The van der Waals surface area contributed by atoms with E-state index in [1.54, 1.807) is 32.6 Å². The normalized spacial score (nSPS) is 10.8. The van der Waals surface area contributed by atoms with Crippen molar-refractivity contribution >= 4 is 28.7 Å². The standard InChI is InChI=1S/C22H23N3O5S/c1-28-19-11-16(30-10-6-9-21(26)27)12-20(29-2)17(19)13-23-25-22-24-18(14-31-22)15-7-4-3-5-8-15/h3-5,7-8,11-14H,6,9-10H2,1-2H3,(H,24,25)(H,26,27). The van der Waals surface area contributed by atoms with Gasteiger partial charge in [0.15, 0.2) is 0 Å². The van der Waals surface area contributed by atoms with Crippen LogP contribution in [0.3, 0.4) is 0 Å². The molecule has 31 heavy (non-hydrogen) atoms. The number of rotatable bonds is 11. The minimum atomic E-state index is -0.853. The van der Waals surface area contributed by atoms with Gasteiger partial charge in [0.05, 0.1) is 38.3 Å². The number of carboxylic acid groups (broad SMARTS) is 1. The molecule has 0 radical (unpaired) electrons. The summed E-state index contributed by atoms with van der Waals surface area (Å²) in [5.41, 5.74) is 5.48. The third kappa shape index (κ3) is 6.19. The average molecular weight is 442 g/mol. The topological polar surface area (TPSA) is 102 Å². The smallest absolute Gasteiger partial charge is 0.303 e. The zero-order chi connectivity index (χ0) is 22.1.